The quantitative estimate of drug-likeness (QED) is 0.726. The van der Waals surface area contributed by atoms with Crippen molar-refractivity contribution in [2.24, 2.45) is 0 Å². The van der Waals surface area contributed by atoms with Crippen LogP contribution in [-0.4, -0.2) is 6.29 Å². The summed E-state index contributed by atoms with van der Waals surface area (Å²) in [6.07, 6.45) is 1.30. The van der Waals surface area contributed by atoms with Crippen LogP contribution in [0.5, 0.6) is 0 Å². The standard InChI is InChI=1S/C12H8Cl2O/c13-10-6-9-5-8(3-4-15)1-2-11(9)12(14)7-10/h1-2,4-7H,3H2. The van der Waals surface area contributed by atoms with Crippen LogP contribution in [0.25, 0.3) is 10.8 Å². The van der Waals surface area contributed by atoms with E-state index in [1.165, 1.54) is 0 Å². The second-order valence-electron chi connectivity index (χ2n) is 3.31. The van der Waals surface area contributed by atoms with Crippen molar-refractivity contribution in [3.63, 3.8) is 0 Å². The van der Waals surface area contributed by atoms with Gasteiger partial charge in [-0.1, -0.05) is 41.4 Å². The van der Waals surface area contributed by atoms with E-state index >= 15 is 0 Å². The van der Waals surface area contributed by atoms with Crippen LogP contribution in [0.4, 0.5) is 0 Å². The van der Waals surface area contributed by atoms with Gasteiger partial charge in [-0.25, -0.2) is 0 Å². The molecule has 15 heavy (non-hydrogen) atoms. The SMILES string of the molecule is O=CCc1ccc2c(Cl)cc(Cl)cc2c1. The van der Waals surface area contributed by atoms with Crippen LogP contribution >= 0.6 is 23.2 Å². The highest BCUT2D eigenvalue weighted by Crippen LogP contribution is 2.28. The fourth-order valence-electron chi connectivity index (χ4n) is 1.56. The highest BCUT2D eigenvalue weighted by Gasteiger charge is 2.02. The van der Waals surface area contributed by atoms with Crippen LogP contribution in [0.1, 0.15) is 5.56 Å². The molecule has 0 aromatic heterocycles. The van der Waals surface area contributed by atoms with Crippen molar-refractivity contribution in [1.82, 2.24) is 0 Å². The van der Waals surface area contributed by atoms with Crippen LogP contribution in [0.2, 0.25) is 10.0 Å². The molecule has 0 spiro atoms. The maximum atomic E-state index is 10.4. The van der Waals surface area contributed by atoms with Crippen LogP contribution in [0.3, 0.4) is 0 Å². The molecule has 2 rings (SSSR count). The van der Waals surface area contributed by atoms with Crippen molar-refractivity contribution in [2.75, 3.05) is 0 Å². The first-order valence-corrected chi connectivity index (χ1v) is 5.27. The van der Waals surface area contributed by atoms with Gasteiger partial charge in [0.15, 0.2) is 0 Å². The average molecular weight is 239 g/mol. The molecule has 0 atom stereocenters. The zero-order valence-electron chi connectivity index (χ0n) is 7.84. The van der Waals surface area contributed by atoms with Crippen LogP contribution in [0.15, 0.2) is 30.3 Å². The molecule has 3 heteroatoms. The predicted octanol–water partition coefficient (Wildman–Crippen LogP) is 3.89. The van der Waals surface area contributed by atoms with Crippen LogP contribution in [-0.2, 0) is 11.2 Å². The number of benzene rings is 2. The molecule has 0 saturated heterocycles. The number of carbonyl (C=O) groups excluding carboxylic acids is 1. The van der Waals surface area contributed by atoms with Crippen LogP contribution < -0.4 is 0 Å². The van der Waals surface area contributed by atoms with Gasteiger partial charge in [-0.2, -0.15) is 0 Å². The van der Waals surface area contributed by atoms with E-state index < -0.39 is 0 Å². The molecule has 0 saturated carbocycles. The fourth-order valence-corrected chi connectivity index (χ4v) is 2.13. The first kappa shape index (κ1) is 10.5. The first-order valence-electron chi connectivity index (χ1n) is 4.52. The molecule has 2 aromatic rings. The van der Waals surface area contributed by atoms with E-state index in [1.807, 2.05) is 24.3 Å². The summed E-state index contributed by atoms with van der Waals surface area (Å²) in [7, 11) is 0. The highest BCUT2D eigenvalue weighted by molar-refractivity contribution is 6.38. The third-order valence-electron chi connectivity index (χ3n) is 2.25. The molecular weight excluding hydrogens is 231 g/mol. The van der Waals surface area contributed by atoms with E-state index in [2.05, 4.69) is 0 Å². The lowest BCUT2D eigenvalue weighted by Crippen LogP contribution is -1.85. The molecule has 0 heterocycles. The number of halogens is 2. The summed E-state index contributed by atoms with van der Waals surface area (Å²) >= 11 is 11.9. The summed E-state index contributed by atoms with van der Waals surface area (Å²) in [4.78, 5) is 10.4. The van der Waals surface area contributed by atoms with E-state index in [-0.39, 0.29) is 0 Å². The van der Waals surface area contributed by atoms with Crippen LogP contribution in [0, 0.1) is 0 Å². The Balaban J connectivity index is 2.65. The van der Waals surface area contributed by atoms with Crippen molar-refractivity contribution in [3.8, 4) is 0 Å². The molecule has 0 bridgehead atoms. The van der Waals surface area contributed by atoms with Gasteiger partial charge in [0.1, 0.15) is 6.29 Å². The normalized spacial score (nSPS) is 10.5. The molecule has 0 radical (unpaired) electrons. The zero-order valence-corrected chi connectivity index (χ0v) is 9.35. The minimum atomic E-state index is 0.417. The van der Waals surface area contributed by atoms with E-state index in [0.29, 0.717) is 16.5 Å². The Morgan fingerprint density at radius 1 is 1.13 bits per heavy atom. The lowest BCUT2D eigenvalue weighted by molar-refractivity contribution is -0.107. The van der Waals surface area contributed by atoms with Gasteiger partial charge in [-0.3, -0.25) is 0 Å². The average Bonchev–Trinajstić information content (AvgIpc) is 2.17. The lowest BCUT2D eigenvalue weighted by atomic mass is 10.1. The second-order valence-corrected chi connectivity index (χ2v) is 4.16. The van der Waals surface area contributed by atoms with E-state index in [4.69, 9.17) is 23.2 Å². The first-order chi connectivity index (χ1) is 7.20. The molecule has 0 aliphatic carbocycles. The molecule has 0 amide bonds. The minimum Gasteiger partial charge on any atom is -0.303 e. The third-order valence-corrected chi connectivity index (χ3v) is 2.78. The molecular formula is C12H8Cl2O. The van der Waals surface area contributed by atoms with E-state index in [1.54, 1.807) is 6.07 Å². The Bertz CT molecular complexity index is 520. The third kappa shape index (κ3) is 2.14. The minimum absolute atomic E-state index is 0.417. The summed E-state index contributed by atoms with van der Waals surface area (Å²) in [6, 6.07) is 9.30. The van der Waals surface area contributed by atoms with Gasteiger partial charge in [0.2, 0.25) is 0 Å². The maximum absolute atomic E-state index is 10.4. The number of fused-ring (bicyclic) bond motifs is 1. The zero-order chi connectivity index (χ0) is 10.8. The van der Waals surface area contributed by atoms with Gasteiger partial charge in [0, 0.05) is 21.9 Å². The van der Waals surface area contributed by atoms with Crippen molar-refractivity contribution in [1.29, 1.82) is 0 Å². The molecule has 0 aliphatic heterocycles. The van der Waals surface area contributed by atoms with Crippen molar-refractivity contribution < 1.29 is 4.79 Å². The monoisotopic (exact) mass is 238 g/mol. The molecule has 76 valence electrons. The summed E-state index contributed by atoms with van der Waals surface area (Å²) in [5.74, 6) is 0. The molecule has 0 fully saturated rings. The van der Waals surface area contributed by atoms with Crippen molar-refractivity contribution in [2.45, 2.75) is 6.42 Å². The molecule has 0 unspecified atom stereocenters. The summed E-state index contributed by atoms with van der Waals surface area (Å²) < 4.78 is 0. The van der Waals surface area contributed by atoms with Crippen molar-refractivity contribution >= 4 is 40.3 Å². The topological polar surface area (TPSA) is 17.1 Å². The summed E-state index contributed by atoms with van der Waals surface area (Å²) in [5.41, 5.74) is 0.968. The van der Waals surface area contributed by atoms with Gasteiger partial charge in [0.05, 0.1) is 0 Å². The largest absolute Gasteiger partial charge is 0.303 e. The maximum Gasteiger partial charge on any atom is 0.124 e. The number of hydrogen-bond donors (Lipinski definition) is 0. The molecule has 1 nitrogen and oxygen atoms in total. The van der Waals surface area contributed by atoms with E-state index in [0.717, 1.165) is 22.6 Å². The summed E-state index contributed by atoms with van der Waals surface area (Å²) in [5, 5.41) is 3.16. The summed E-state index contributed by atoms with van der Waals surface area (Å²) in [6.45, 7) is 0. The number of aldehydes is 1. The Labute approximate surface area is 97.6 Å². The molecule has 0 N–H and O–H groups in total. The van der Waals surface area contributed by atoms with Gasteiger partial charge >= 0.3 is 0 Å². The predicted molar refractivity (Wildman–Crippen MR) is 63.7 cm³/mol. The number of carbonyl (C=O) groups is 1. The smallest absolute Gasteiger partial charge is 0.124 e. The van der Waals surface area contributed by atoms with E-state index in [9.17, 15) is 4.79 Å². The number of hydrogen-bond acceptors (Lipinski definition) is 1. The van der Waals surface area contributed by atoms with Crippen molar-refractivity contribution in [3.05, 3.63) is 45.9 Å². The highest BCUT2D eigenvalue weighted by atomic mass is 35.5. The second kappa shape index (κ2) is 4.21. The Morgan fingerprint density at radius 3 is 2.67 bits per heavy atom. The van der Waals surface area contributed by atoms with Gasteiger partial charge < -0.3 is 4.79 Å². The fraction of sp³-hybridized carbons (Fsp3) is 0.0833. The van der Waals surface area contributed by atoms with Gasteiger partial charge in [-0.05, 0) is 23.1 Å². The Morgan fingerprint density at radius 2 is 1.93 bits per heavy atom. The molecule has 2 aromatic carbocycles. The lowest BCUT2D eigenvalue weighted by Gasteiger charge is -2.03. The van der Waals surface area contributed by atoms with Gasteiger partial charge in [-0.15, -0.1) is 0 Å². The number of rotatable bonds is 2. The Hall–Kier alpha value is -1.05. The van der Waals surface area contributed by atoms with Gasteiger partial charge in [0.25, 0.3) is 0 Å². The Kier molecular flexibility index (Phi) is 2.94. The molecule has 0 aliphatic rings.